The van der Waals surface area contributed by atoms with Crippen molar-refractivity contribution >= 4 is 15.9 Å². The summed E-state index contributed by atoms with van der Waals surface area (Å²) in [5.41, 5.74) is -0.186. The number of piperidine rings is 1. The molecule has 33 heavy (non-hydrogen) atoms. The van der Waals surface area contributed by atoms with E-state index < -0.39 is 27.2 Å². The molecule has 3 heterocycles. The Balaban J connectivity index is 1.39. The van der Waals surface area contributed by atoms with Gasteiger partial charge in [-0.15, -0.1) is 0 Å². The largest absolute Gasteiger partial charge is 0.349 e. The van der Waals surface area contributed by atoms with Gasteiger partial charge in [0.25, 0.3) is 0 Å². The molecule has 8 nitrogen and oxygen atoms in total. The Labute approximate surface area is 189 Å². The molecule has 5 rings (SSSR count). The van der Waals surface area contributed by atoms with E-state index in [0.29, 0.717) is 36.5 Å². The number of aromatic nitrogens is 3. The number of carbonyl (C=O) groups is 1. The monoisotopic (exact) mass is 473 g/mol. The first kappa shape index (κ1) is 21.7. The predicted molar refractivity (Wildman–Crippen MR) is 114 cm³/mol. The summed E-state index contributed by atoms with van der Waals surface area (Å²) in [5, 5.41) is 7.41. The third-order valence-electron chi connectivity index (χ3n) is 6.16. The summed E-state index contributed by atoms with van der Waals surface area (Å²) in [4.78, 5) is 16.8. The molecule has 0 atom stereocenters. The molecule has 2 aliphatic rings. The number of carbonyl (C=O) groups excluding carboxylic acids is 1. The Morgan fingerprint density at radius 2 is 1.79 bits per heavy atom. The van der Waals surface area contributed by atoms with Crippen LogP contribution < -0.4 is 5.32 Å². The molecule has 3 aromatic rings. The van der Waals surface area contributed by atoms with Crippen LogP contribution >= 0.6 is 0 Å². The first-order valence-corrected chi connectivity index (χ1v) is 12.0. The van der Waals surface area contributed by atoms with Crippen LogP contribution in [0.5, 0.6) is 0 Å². The van der Waals surface area contributed by atoms with E-state index in [4.69, 9.17) is 0 Å². The van der Waals surface area contributed by atoms with Gasteiger partial charge in [-0.1, -0.05) is 24.3 Å². The Kier molecular flexibility index (Phi) is 5.25. The highest BCUT2D eigenvalue weighted by atomic mass is 32.2. The van der Waals surface area contributed by atoms with Crippen molar-refractivity contribution in [3.8, 4) is 11.4 Å². The van der Waals surface area contributed by atoms with Crippen molar-refractivity contribution in [1.29, 1.82) is 0 Å². The van der Waals surface area contributed by atoms with Crippen LogP contribution in [0, 0.1) is 11.6 Å². The van der Waals surface area contributed by atoms with Crippen molar-refractivity contribution in [3.05, 3.63) is 66.0 Å². The minimum Gasteiger partial charge on any atom is -0.349 e. The molecule has 0 unspecified atom stereocenters. The molecule has 1 aromatic heterocycles. The third kappa shape index (κ3) is 4.02. The molecule has 2 aromatic carbocycles. The number of fused-ring (bicyclic) bond motifs is 1. The average Bonchev–Trinajstić information content (AvgIpc) is 3.10. The Bertz CT molecular complexity index is 1330. The van der Waals surface area contributed by atoms with Gasteiger partial charge in [0.05, 0.1) is 0 Å². The molecule has 11 heteroatoms. The molecular weight excluding hydrogens is 452 g/mol. The highest BCUT2D eigenvalue weighted by Gasteiger charge is 2.42. The van der Waals surface area contributed by atoms with Gasteiger partial charge in [-0.3, -0.25) is 4.79 Å². The minimum atomic E-state index is -3.99. The second kappa shape index (κ2) is 7.99. The quantitative estimate of drug-likeness (QED) is 0.629. The zero-order valence-electron chi connectivity index (χ0n) is 17.5. The first-order valence-electron chi connectivity index (χ1n) is 10.5. The van der Waals surface area contributed by atoms with Gasteiger partial charge >= 0.3 is 0 Å². The van der Waals surface area contributed by atoms with Crippen molar-refractivity contribution in [3.63, 3.8) is 0 Å². The van der Waals surface area contributed by atoms with Crippen LogP contribution in [0.25, 0.3) is 11.4 Å². The first-order chi connectivity index (χ1) is 15.8. The molecule has 1 fully saturated rings. The van der Waals surface area contributed by atoms with Crippen LogP contribution in [0.1, 0.15) is 18.7 Å². The molecule has 1 N–H and O–H groups in total. The van der Waals surface area contributed by atoms with E-state index in [2.05, 4.69) is 15.4 Å². The van der Waals surface area contributed by atoms with Crippen LogP contribution in [0.2, 0.25) is 0 Å². The molecule has 0 saturated carbocycles. The zero-order chi connectivity index (χ0) is 23.2. The van der Waals surface area contributed by atoms with Crippen LogP contribution in [-0.4, -0.2) is 52.0 Å². The smallest absolute Gasteiger partial charge is 0.245 e. The van der Waals surface area contributed by atoms with Gasteiger partial charge in [0.1, 0.15) is 28.9 Å². The van der Waals surface area contributed by atoms with Crippen molar-refractivity contribution < 1.29 is 22.0 Å². The van der Waals surface area contributed by atoms with Crippen molar-refractivity contribution in [1.82, 2.24) is 24.4 Å². The maximum Gasteiger partial charge on any atom is 0.245 e. The lowest BCUT2D eigenvalue weighted by Crippen LogP contribution is -2.56. The lowest BCUT2D eigenvalue weighted by Gasteiger charge is -2.40. The summed E-state index contributed by atoms with van der Waals surface area (Å²) in [6.45, 7) is 0.223. The maximum absolute atomic E-state index is 14.1. The van der Waals surface area contributed by atoms with Gasteiger partial charge in [-0.05, 0) is 37.1 Å². The third-order valence-corrected chi connectivity index (χ3v) is 8.09. The zero-order valence-corrected chi connectivity index (χ0v) is 18.4. The summed E-state index contributed by atoms with van der Waals surface area (Å²) in [6, 6.07) is 11.2. The van der Waals surface area contributed by atoms with Gasteiger partial charge in [0, 0.05) is 30.6 Å². The van der Waals surface area contributed by atoms with Crippen molar-refractivity contribution in [2.24, 2.45) is 0 Å². The standard InChI is InChI=1S/C22H21F2N5O3S/c23-16-5-3-4-15(12-16)21-25-19-13-22(26-20(30)14-29(19)27-21)8-10-28(11-9-22)33(31,32)18-7-2-1-6-17(18)24/h1-7,12H,8-11,13-14H2,(H,26,30). The molecule has 0 radical (unpaired) electrons. The summed E-state index contributed by atoms with van der Waals surface area (Å²) < 4.78 is 56.4. The Hall–Kier alpha value is -3.18. The minimum absolute atomic E-state index is 0.0311. The number of hydrogen-bond acceptors (Lipinski definition) is 5. The molecular formula is C22H21F2N5O3S. The van der Waals surface area contributed by atoms with Gasteiger partial charge in [-0.2, -0.15) is 9.40 Å². The van der Waals surface area contributed by atoms with E-state index in [1.54, 1.807) is 12.1 Å². The second-order valence-corrected chi connectivity index (χ2v) is 10.3. The summed E-state index contributed by atoms with van der Waals surface area (Å²) in [7, 11) is -3.99. The van der Waals surface area contributed by atoms with Crippen molar-refractivity contribution in [2.45, 2.75) is 36.2 Å². The fraction of sp³-hybridized carbons (Fsp3) is 0.318. The number of rotatable bonds is 3. The number of benzene rings is 2. The second-order valence-electron chi connectivity index (χ2n) is 8.36. The van der Waals surface area contributed by atoms with Crippen molar-refractivity contribution in [2.75, 3.05) is 13.1 Å². The molecule has 1 saturated heterocycles. The summed E-state index contributed by atoms with van der Waals surface area (Å²) in [5.74, 6) is -0.560. The van der Waals surface area contributed by atoms with Crippen LogP contribution in [0.15, 0.2) is 53.4 Å². The highest BCUT2D eigenvalue weighted by Crippen LogP contribution is 2.32. The highest BCUT2D eigenvalue weighted by molar-refractivity contribution is 7.89. The normalized spacial score (nSPS) is 18.5. The maximum atomic E-state index is 14.1. The Morgan fingerprint density at radius 3 is 2.52 bits per heavy atom. The molecule has 1 spiro atoms. The van der Waals surface area contributed by atoms with E-state index in [9.17, 15) is 22.0 Å². The fourth-order valence-corrected chi connectivity index (χ4v) is 5.96. The van der Waals surface area contributed by atoms with Crippen LogP contribution in [0.3, 0.4) is 0 Å². The van der Waals surface area contributed by atoms with Crippen LogP contribution in [0.4, 0.5) is 8.78 Å². The molecule has 0 bridgehead atoms. The number of amides is 1. The lowest BCUT2D eigenvalue weighted by atomic mass is 9.85. The summed E-state index contributed by atoms with van der Waals surface area (Å²) in [6.07, 6.45) is 1.04. The predicted octanol–water partition coefficient (Wildman–Crippen LogP) is 2.12. The Morgan fingerprint density at radius 1 is 1.03 bits per heavy atom. The number of nitrogens with one attached hydrogen (secondary N) is 1. The lowest BCUT2D eigenvalue weighted by molar-refractivity contribution is -0.123. The van der Waals surface area contributed by atoms with Crippen LogP contribution in [-0.2, 0) is 27.8 Å². The number of halogens is 2. The van der Waals surface area contributed by atoms with E-state index in [1.807, 2.05) is 0 Å². The SMILES string of the molecule is O=C1Cn2nc(-c3cccc(F)c3)nc2CC2(CCN(S(=O)(=O)c3ccccc3F)CC2)N1. The topological polar surface area (TPSA) is 97.2 Å². The molecule has 1 amide bonds. The average molecular weight is 474 g/mol. The van der Waals surface area contributed by atoms with E-state index in [0.717, 1.165) is 6.07 Å². The van der Waals surface area contributed by atoms with E-state index in [1.165, 1.54) is 39.3 Å². The van der Waals surface area contributed by atoms with Gasteiger partial charge in [0.2, 0.25) is 15.9 Å². The van der Waals surface area contributed by atoms with Gasteiger partial charge < -0.3 is 5.32 Å². The summed E-state index contributed by atoms with van der Waals surface area (Å²) >= 11 is 0. The van der Waals surface area contributed by atoms with Gasteiger partial charge in [-0.25, -0.2) is 26.9 Å². The molecule has 172 valence electrons. The molecule has 0 aliphatic carbocycles. The van der Waals surface area contributed by atoms with E-state index in [-0.39, 0.29) is 30.4 Å². The molecule has 2 aliphatic heterocycles. The van der Waals surface area contributed by atoms with Gasteiger partial charge in [0.15, 0.2) is 5.82 Å². The fourth-order valence-electron chi connectivity index (χ4n) is 4.45. The number of nitrogens with zero attached hydrogens (tertiary/aromatic N) is 4. The number of hydrogen-bond donors (Lipinski definition) is 1. The number of sulfonamides is 1. The van der Waals surface area contributed by atoms with E-state index >= 15 is 0 Å².